The normalized spacial score (nSPS) is 26.9. The van der Waals surface area contributed by atoms with Gasteiger partial charge in [-0.05, 0) is 50.4 Å². The predicted octanol–water partition coefficient (Wildman–Crippen LogP) is 2.54. The van der Waals surface area contributed by atoms with E-state index in [9.17, 15) is 0 Å². The van der Waals surface area contributed by atoms with Crippen molar-refractivity contribution < 1.29 is 4.74 Å². The zero-order chi connectivity index (χ0) is 13.1. The van der Waals surface area contributed by atoms with Crippen LogP contribution in [0.5, 0.6) is 0 Å². The summed E-state index contributed by atoms with van der Waals surface area (Å²) in [4.78, 5) is 4.49. The van der Waals surface area contributed by atoms with E-state index in [-0.39, 0.29) is 0 Å². The van der Waals surface area contributed by atoms with Crippen molar-refractivity contribution in [1.82, 2.24) is 5.32 Å². The fourth-order valence-electron chi connectivity index (χ4n) is 2.80. The van der Waals surface area contributed by atoms with Crippen LogP contribution in [0.1, 0.15) is 37.3 Å². The molecule has 19 heavy (non-hydrogen) atoms. The molecule has 0 spiro atoms. The summed E-state index contributed by atoms with van der Waals surface area (Å²) < 4.78 is 5.58. The van der Waals surface area contributed by atoms with E-state index < -0.39 is 0 Å². The highest BCUT2D eigenvalue weighted by Gasteiger charge is 2.16. The number of hydrogen-bond acceptors (Lipinski definition) is 3. The van der Waals surface area contributed by atoms with Crippen molar-refractivity contribution in [2.24, 2.45) is 4.99 Å². The van der Waals surface area contributed by atoms with Crippen LogP contribution in [0, 0.1) is 0 Å². The van der Waals surface area contributed by atoms with Crippen molar-refractivity contribution in [3.05, 3.63) is 35.4 Å². The van der Waals surface area contributed by atoms with Crippen LogP contribution >= 0.6 is 0 Å². The van der Waals surface area contributed by atoms with Crippen LogP contribution < -0.4 is 5.32 Å². The van der Waals surface area contributed by atoms with E-state index in [1.165, 1.54) is 31.4 Å². The minimum absolute atomic E-state index is 0.293. The van der Waals surface area contributed by atoms with Gasteiger partial charge in [0.15, 0.2) is 0 Å². The second-order valence-corrected chi connectivity index (χ2v) is 5.64. The molecular formula is C16H22N2O. The van der Waals surface area contributed by atoms with Gasteiger partial charge in [-0.1, -0.05) is 18.6 Å². The first-order chi connectivity index (χ1) is 9.31. The maximum Gasteiger partial charge on any atom is 0.216 e. The molecule has 2 unspecified atom stereocenters. The van der Waals surface area contributed by atoms with Gasteiger partial charge < -0.3 is 10.1 Å². The highest BCUT2D eigenvalue weighted by atomic mass is 16.5. The first kappa shape index (κ1) is 12.7. The predicted molar refractivity (Wildman–Crippen MR) is 77.7 cm³/mol. The highest BCUT2D eigenvalue weighted by Crippen LogP contribution is 2.16. The Hall–Kier alpha value is -1.35. The molecule has 2 aliphatic rings. The van der Waals surface area contributed by atoms with Gasteiger partial charge in [-0.25, -0.2) is 4.99 Å². The maximum atomic E-state index is 5.58. The van der Waals surface area contributed by atoms with Crippen molar-refractivity contribution in [2.75, 3.05) is 13.2 Å². The summed E-state index contributed by atoms with van der Waals surface area (Å²) in [5.41, 5.74) is 2.50. The van der Waals surface area contributed by atoms with Gasteiger partial charge in [-0.2, -0.15) is 0 Å². The Morgan fingerprint density at radius 1 is 1.26 bits per heavy atom. The van der Waals surface area contributed by atoms with Gasteiger partial charge in [-0.15, -0.1) is 0 Å². The molecule has 0 amide bonds. The lowest BCUT2D eigenvalue weighted by Crippen LogP contribution is -2.35. The number of ether oxygens (including phenoxy) is 1. The van der Waals surface area contributed by atoms with Gasteiger partial charge in [-0.3, -0.25) is 0 Å². The first-order valence-corrected chi connectivity index (χ1v) is 7.34. The largest absolute Gasteiger partial charge is 0.475 e. The van der Waals surface area contributed by atoms with E-state index >= 15 is 0 Å². The summed E-state index contributed by atoms with van der Waals surface area (Å²) in [5.74, 6) is 0.801. The summed E-state index contributed by atoms with van der Waals surface area (Å²) in [6.07, 6.45) is 5.11. The van der Waals surface area contributed by atoms with Crippen molar-refractivity contribution in [3.63, 3.8) is 0 Å². The third-order valence-electron chi connectivity index (χ3n) is 3.89. The Morgan fingerprint density at radius 3 is 2.74 bits per heavy atom. The van der Waals surface area contributed by atoms with E-state index in [4.69, 9.17) is 4.74 Å². The summed E-state index contributed by atoms with van der Waals surface area (Å²) in [5, 5.41) is 3.59. The first-order valence-electron chi connectivity index (χ1n) is 7.34. The molecule has 1 saturated heterocycles. The molecule has 102 valence electrons. The van der Waals surface area contributed by atoms with Crippen LogP contribution in [-0.4, -0.2) is 31.1 Å². The van der Waals surface area contributed by atoms with Crippen molar-refractivity contribution in [2.45, 2.75) is 44.7 Å². The van der Waals surface area contributed by atoms with Crippen LogP contribution in [0.2, 0.25) is 0 Å². The molecule has 2 heterocycles. The molecule has 1 N–H and O–H groups in total. The molecule has 1 fully saturated rings. The topological polar surface area (TPSA) is 33.6 Å². The molecule has 3 nitrogen and oxygen atoms in total. The van der Waals surface area contributed by atoms with Gasteiger partial charge in [0.25, 0.3) is 0 Å². The van der Waals surface area contributed by atoms with E-state index in [1.54, 1.807) is 0 Å². The third-order valence-corrected chi connectivity index (χ3v) is 3.89. The van der Waals surface area contributed by atoms with Crippen LogP contribution in [0.25, 0.3) is 0 Å². The Bertz CT molecular complexity index is 446. The van der Waals surface area contributed by atoms with Gasteiger partial charge in [0.05, 0.1) is 6.04 Å². The molecule has 0 aromatic heterocycles. The van der Waals surface area contributed by atoms with Crippen molar-refractivity contribution in [3.8, 4) is 0 Å². The summed E-state index contributed by atoms with van der Waals surface area (Å²) in [6.45, 7) is 3.96. The second-order valence-electron chi connectivity index (χ2n) is 5.64. The zero-order valence-corrected chi connectivity index (χ0v) is 11.6. The number of rotatable bonds is 3. The smallest absolute Gasteiger partial charge is 0.216 e. The Labute approximate surface area is 115 Å². The molecule has 0 aliphatic carbocycles. The standard InChI is InChI=1S/C16H22N2O/c1-12-11-19-16(18-12)14-7-5-13(6-8-14)10-15-4-2-3-9-17-15/h5-8,12,15,17H,2-4,9-11H2,1H3. The number of nitrogens with zero attached hydrogens (tertiary/aromatic N) is 1. The van der Waals surface area contributed by atoms with Crippen molar-refractivity contribution in [1.29, 1.82) is 0 Å². The second kappa shape index (κ2) is 5.74. The van der Waals surface area contributed by atoms with Gasteiger partial charge in [0, 0.05) is 11.6 Å². The van der Waals surface area contributed by atoms with Gasteiger partial charge >= 0.3 is 0 Å². The number of aliphatic imine (C=N–C) groups is 1. The molecule has 2 aliphatic heterocycles. The molecule has 1 aromatic carbocycles. The SMILES string of the molecule is CC1COC(c2ccc(CC3CCCCN3)cc2)=N1. The summed E-state index contributed by atoms with van der Waals surface area (Å²) in [6, 6.07) is 9.63. The van der Waals surface area contributed by atoms with Crippen LogP contribution in [0.15, 0.2) is 29.3 Å². The Balaban J connectivity index is 1.63. The lowest BCUT2D eigenvalue weighted by Gasteiger charge is -2.23. The minimum atomic E-state index is 0.293. The Kier molecular flexibility index (Phi) is 3.83. The van der Waals surface area contributed by atoms with Crippen LogP contribution in [0.4, 0.5) is 0 Å². The molecule has 3 heteroatoms. The average molecular weight is 258 g/mol. The fraction of sp³-hybridized carbons (Fsp3) is 0.562. The quantitative estimate of drug-likeness (QED) is 0.904. The fourth-order valence-corrected chi connectivity index (χ4v) is 2.80. The summed E-state index contributed by atoms with van der Waals surface area (Å²) >= 11 is 0. The van der Waals surface area contributed by atoms with E-state index in [0.717, 1.165) is 17.9 Å². The molecular weight excluding hydrogens is 236 g/mol. The summed E-state index contributed by atoms with van der Waals surface area (Å²) in [7, 11) is 0. The van der Waals surface area contributed by atoms with Gasteiger partial charge in [0.2, 0.25) is 5.90 Å². The molecule has 0 bridgehead atoms. The lowest BCUT2D eigenvalue weighted by molar-refractivity contribution is 0.324. The highest BCUT2D eigenvalue weighted by molar-refractivity contribution is 5.95. The molecule has 3 rings (SSSR count). The minimum Gasteiger partial charge on any atom is -0.475 e. The lowest BCUT2D eigenvalue weighted by atomic mass is 9.97. The van der Waals surface area contributed by atoms with Crippen molar-refractivity contribution >= 4 is 5.90 Å². The molecule has 0 saturated carbocycles. The maximum absolute atomic E-state index is 5.58. The van der Waals surface area contributed by atoms with E-state index in [1.807, 2.05) is 0 Å². The van der Waals surface area contributed by atoms with Crippen LogP contribution in [-0.2, 0) is 11.2 Å². The number of nitrogens with one attached hydrogen (secondary N) is 1. The van der Waals surface area contributed by atoms with E-state index in [0.29, 0.717) is 18.7 Å². The zero-order valence-electron chi connectivity index (χ0n) is 11.6. The number of hydrogen-bond donors (Lipinski definition) is 1. The molecule has 2 atom stereocenters. The Morgan fingerprint density at radius 2 is 2.11 bits per heavy atom. The molecule has 1 aromatic rings. The van der Waals surface area contributed by atoms with E-state index in [2.05, 4.69) is 41.5 Å². The number of benzene rings is 1. The third kappa shape index (κ3) is 3.16. The number of piperidine rings is 1. The van der Waals surface area contributed by atoms with Crippen LogP contribution in [0.3, 0.4) is 0 Å². The monoisotopic (exact) mass is 258 g/mol. The average Bonchev–Trinajstić information content (AvgIpc) is 2.87. The van der Waals surface area contributed by atoms with Gasteiger partial charge in [0.1, 0.15) is 6.61 Å². The molecule has 0 radical (unpaired) electrons.